The zero-order valence-electron chi connectivity index (χ0n) is 16.4. The Morgan fingerprint density at radius 3 is 2.45 bits per heavy atom. The molecule has 0 amide bonds. The van der Waals surface area contributed by atoms with Crippen LogP contribution in [-0.4, -0.2) is 37.1 Å². The van der Waals surface area contributed by atoms with Crippen LogP contribution in [0.2, 0.25) is 0 Å². The molecule has 2 aromatic carbocycles. The number of aromatic nitrogens is 2. The molecular weight excluding hydrogens is 408 g/mol. The summed E-state index contributed by atoms with van der Waals surface area (Å²) in [6.45, 7) is 5.70. The van der Waals surface area contributed by atoms with E-state index in [1.54, 1.807) is 12.1 Å². The highest BCUT2D eigenvalue weighted by Crippen LogP contribution is 2.33. The summed E-state index contributed by atoms with van der Waals surface area (Å²) >= 11 is 1.13. The third-order valence-electron chi connectivity index (χ3n) is 4.09. The van der Waals surface area contributed by atoms with Gasteiger partial charge in [-0.15, -0.1) is 10.2 Å². The van der Waals surface area contributed by atoms with Crippen molar-refractivity contribution < 1.29 is 8.42 Å². The molecule has 0 unspecified atom stereocenters. The van der Waals surface area contributed by atoms with Gasteiger partial charge in [-0.1, -0.05) is 30.3 Å². The smallest absolute Gasteiger partial charge is 0.249 e. The first kappa shape index (κ1) is 20.9. The molecule has 3 aromatic rings. The molecule has 0 aliphatic rings. The lowest BCUT2D eigenvalue weighted by Crippen LogP contribution is -2.22. The summed E-state index contributed by atoms with van der Waals surface area (Å²) in [5.74, 6) is 0.580. The topological polar surface area (TPSA) is 99.9 Å². The number of nitrogens with zero attached hydrogens (tertiary/aromatic N) is 5. The van der Waals surface area contributed by atoms with Gasteiger partial charge in [-0.25, -0.2) is 8.42 Å². The van der Waals surface area contributed by atoms with Gasteiger partial charge < -0.3 is 4.90 Å². The maximum absolute atomic E-state index is 11.8. The van der Waals surface area contributed by atoms with Crippen LogP contribution in [0.4, 0.5) is 22.2 Å². The van der Waals surface area contributed by atoms with E-state index in [4.69, 9.17) is 0 Å². The minimum absolute atomic E-state index is 0.369. The van der Waals surface area contributed by atoms with Crippen LogP contribution in [-0.2, 0) is 10.0 Å². The lowest BCUT2D eigenvalue weighted by atomic mass is 10.2. The van der Waals surface area contributed by atoms with E-state index in [-0.39, 0.29) is 0 Å². The first-order chi connectivity index (χ1) is 13.9. The number of anilines is 2. The molecule has 152 valence electrons. The highest BCUT2D eigenvalue weighted by Gasteiger charge is 2.12. The molecule has 0 atom stereocenters. The van der Waals surface area contributed by atoms with Crippen molar-refractivity contribution in [1.29, 1.82) is 0 Å². The predicted octanol–water partition coefficient (Wildman–Crippen LogP) is 4.84. The van der Waals surface area contributed by atoms with Crippen molar-refractivity contribution in [2.24, 2.45) is 10.2 Å². The fourth-order valence-corrected chi connectivity index (χ4v) is 3.82. The van der Waals surface area contributed by atoms with Crippen molar-refractivity contribution in [3.05, 3.63) is 48.5 Å². The number of hydrogen-bond donors (Lipinski definition) is 1. The molecule has 1 N–H and O–H groups in total. The van der Waals surface area contributed by atoms with E-state index in [1.807, 2.05) is 50.2 Å². The molecule has 0 fully saturated rings. The SMILES string of the molecule is CCN(CC)c1ccc(N=Nc2nc(-c3ccccc3)ns2)c(NS(C)(=O)=O)c1. The Balaban J connectivity index is 1.90. The Bertz CT molecular complexity index is 1090. The molecule has 0 radical (unpaired) electrons. The lowest BCUT2D eigenvalue weighted by molar-refractivity contribution is 0.607. The molecular formula is C19H22N6O2S2. The Morgan fingerprint density at radius 1 is 1.07 bits per heavy atom. The predicted molar refractivity (Wildman–Crippen MR) is 118 cm³/mol. The second kappa shape index (κ2) is 9.10. The number of sulfonamides is 1. The van der Waals surface area contributed by atoms with Crippen molar-refractivity contribution >= 4 is 43.7 Å². The van der Waals surface area contributed by atoms with Crippen LogP contribution < -0.4 is 9.62 Å². The fraction of sp³-hybridized carbons (Fsp3) is 0.263. The van der Waals surface area contributed by atoms with E-state index in [0.717, 1.165) is 42.1 Å². The van der Waals surface area contributed by atoms with E-state index in [0.29, 0.717) is 22.3 Å². The summed E-state index contributed by atoms with van der Waals surface area (Å²) in [6.07, 6.45) is 1.11. The normalized spacial score (nSPS) is 11.7. The van der Waals surface area contributed by atoms with Crippen LogP contribution in [0.25, 0.3) is 11.4 Å². The Labute approximate surface area is 174 Å². The third kappa shape index (κ3) is 5.58. The summed E-state index contributed by atoms with van der Waals surface area (Å²) < 4.78 is 30.4. The van der Waals surface area contributed by atoms with Crippen molar-refractivity contribution in [1.82, 2.24) is 9.36 Å². The Morgan fingerprint density at radius 2 is 1.79 bits per heavy atom. The van der Waals surface area contributed by atoms with Gasteiger partial charge in [0.1, 0.15) is 5.69 Å². The largest absolute Gasteiger partial charge is 0.372 e. The third-order valence-corrected chi connectivity index (χ3v) is 5.29. The highest BCUT2D eigenvalue weighted by atomic mass is 32.2. The van der Waals surface area contributed by atoms with Crippen molar-refractivity contribution in [2.75, 3.05) is 29.0 Å². The average Bonchev–Trinajstić information content (AvgIpc) is 3.17. The fourth-order valence-electron chi connectivity index (χ4n) is 2.74. The second-order valence-corrected chi connectivity index (χ2v) is 8.69. The summed E-state index contributed by atoms with van der Waals surface area (Å²) in [7, 11) is -3.47. The summed E-state index contributed by atoms with van der Waals surface area (Å²) in [5.41, 5.74) is 2.58. The number of benzene rings is 2. The van der Waals surface area contributed by atoms with E-state index < -0.39 is 10.0 Å². The molecule has 0 saturated heterocycles. The molecule has 0 aliphatic heterocycles. The van der Waals surface area contributed by atoms with Crippen molar-refractivity contribution in [3.63, 3.8) is 0 Å². The van der Waals surface area contributed by atoms with Gasteiger partial charge >= 0.3 is 0 Å². The van der Waals surface area contributed by atoms with E-state index in [1.165, 1.54) is 0 Å². The van der Waals surface area contributed by atoms with Gasteiger partial charge in [0.25, 0.3) is 0 Å². The van der Waals surface area contributed by atoms with E-state index >= 15 is 0 Å². The maximum atomic E-state index is 11.8. The molecule has 0 aliphatic carbocycles. The summed E-state index contributed by atoms with van der Waals surface area (Å²) in [5, 5.41) is 8.75. The molecule has 3 rings (SSSR count). The van der Waals surface area contributed by atoms with Gasteiger partial charge in [-0.3, -0.25) is 4.72 Å². The van der Waals surface area contributed by atoms with Gasteiger partial charge in [0.2, 0.25) is 15.2 Å². The molecule has 10 heteroatoms. The van der Waals surface area contributed by atoms with Gasteiger partial charge in [-0.2, -0.15) is 9.36 Å². The minimum Gasteiger partial charge on any atom is -0.372 e. The standard InChI is InChI=1S/C19H22N6O2S2/c1-4-25(5-2)15-11-12-16(17(13-15)24-29(3,26)27)21-22-19-20-18(23-28-19)14-9-7-6-8-10-14/h6-13,24H,4-5H2,1-3H3. The molecule has 0 saturated carbocycles. The van der Waals surface area contributed by atoms with Gasteiger partial charge in [0.05, 0.1) is 11.9 Å². The maximum Gasteiger partial charge on any atom is 0.249 e. The van der Waals surface area contributed by atoms with Crippen LogP contribution in [0.3, 0.4) is 0 Å². The minimum atomic E-state index is -3.47. The first-order valence-corrected chi connectivity index (χ1v) is 11.7. The van der Waals surface area contributed by atoms with Crippen molar-refractivity contribution in [2.45, 2.75) is 13.8 Å². The highest BCUT2D eigenvalue weighted by molar-refractivity contribution is 7.92. The first-order valence-electron chi connectivity index (χ1n) is 9.07. The van der Waals surface area contributed by atoms with Crippen LogP contribution in [0.1, 0.15) is 13.8 Å². The number of azo groups is 1. The summed E-state index contributed by atoms with van der Waals surface area (Å²) in [6, 6.07) is 15.0. The van der Waals surface area contributed by atoms with Crippen LogP contribution >= 0.6 is 11.5 Å². The average molecular weight is 431 g/mol. The van der Waals surface area contributed by atoms with Gasteiger partial charge in [0.15, 0.2) is 5.82 Å². The molecule has 0 bridgehead atoms. The van der Waals surface area contributed by atoms with Crippen LogP contribution in [0.5, 0.6) is 0 Å². The molecule has 1 aromatic heterocycles. The second-order valence-electron chi connectivity index (χ2n) is 6.21. The van der Waals surface area contributed by atoms with Crippen LogP contribution in [0, 0.1) is 0 Å². The van der Waals surface area contributed by atoms with E-state index in [2.05, 4.69) is 29.2 Å². The molecule has 1 heterocycles. The van der Waals surface area contributed by atoms with E-state index in [9.17, 15) is 8.42 Å². The zero-order valence-corrected chi connectivity index (χ0v) is 18.0. The summed E-state index contributed by atoms with van der Waals surface area (Å²) in [4.78, 5) is 6.49. The molecule has 29 heavy (non-hydrogen) atoms. The molecule has 0 spiro atoms. The molecule has 8 nitrogen and oxygen atoms in total. The van der Waals surface area contributed by atoms with Gasteiger partial charge in [0, 0.05) is 35.9 Å². The van der Waals surface area contributed by atoms with Gasteiger partial charge in [-0.05, 0) is 32.0 Å². The quantitative estimate of drug-likeness (QED) is 0.516. The number of hydrogen-bond acceptors (Lipinski definition) is 8. The zero-order chi connectivity index (χ0) is 20.9. The monoisotopic (exact) mass is 430 g/mol. The Kier molecular flexibility index (Phi) is 6.55. The van der Waals surface area contributed by atoms with Crippen molar-refractivity contribution in [3.8, 4) is 11.4 Å². The Hall–Kier alpha value is -2.85. The number of rotatable bonds is 8. The number of nitrogens with one attached hydrogen (secondary N) is 1. The van der Waals surface area contributed by atoms with Crippen LogP contribution in [0.15, 0.2) is 58.8 Å². The lowest BCUT2D eigenvalue weighted by Gasteiger charge is -2.22.